The van der Waals surface area contributed by atoms with Crippen molar-refractivity contribution >= 4 is 17.9 Å². The van der Waals surface area contributed by atoms with E-state index in [2.05, 4.69) is 28.1 Å². The minimum Gasteiger partial charge on any atom is -0.444 e. The highest BCUT2D eigenvalue weighted by atomic mass is 16.6. The maximum absolute atomic E-state index is 12.9. The highest BCUT2D eigenvalue weighted by molar-refractivity contribution is 5.91. The van der Waals surface area contributed by atoms with Crippen LogP contribution in [0.1, 0.15) is 73.1 Å². The molecule has 0 aromatic heterocycles. The molecular weight excluding hydrogens is 386 g/mol. The lowest BCUT2D eigenvalue weighted by Gasteiger charge is -2.27. The fourth-order valence-corrected chi connectivity index (χ4v) is 3.17. The molecule has 1 aliphatic rings. The molecule has 1 rings (SSSR count). The van der Waals surface area contributed by atoms with Gasteiger partial charge in [-0.1, -0.05) is 26.0 Å². The summed E-state index contributed by atoms with van der Waals surface area (Å²) in [6.07, 6.45) is 7.77. The molecule has 4 N–H and O–H groups in total. The van der Waals surface area contributed by atoms with E-state index in [9.17, 15) is 19.5 Å². The zero-order chi connectivity index (χ0) is 22.7. The van der Waals surface area contributed by atoms with Gasteiger partial charge in [0.25, 0.3) is 0 Å². The number of nitrogens with one attached hydrogen (secondary N) is 3. The first-order valence-electron chi connectivity index (χ1n) is 10.9. The van der Waals surface area contributed by atoms with Gasteiger partial charge in [-0.3, -0.25) is 9.59 Å². The minimum atomic E-state index is -0.805. The van der Waals surface area contributed by atoms with E-state index in [0.717, 1.165) is 19.3 Å². The highest BCUT2D eigenvalue weighted by Crippen LogP contribution is 2.11. The van der Waals surface area contributed by atoms with Crippen LogP contribution in [0.25, 0.3) is 0 Å². The van der Waals surface area contributed by atoms with Crippen LogP contribution in [0.4, 0.5) is 4.79 Å². The highest BCUT2D eigenvalue weighted by Gasteiger charge is 2.30. The molecular formula is C22H39N3O5. The van der Waals surface area contributed by atoms with Crippen molar-refractivity contribution in [3.05, 3.63) is 12.2 Å². The molecule has 0 fully saturated rings. The van der Waals surface area contributed by atoms with E-state index in [-0.39, 0.29) is 24.5 Å². The normalized spacial score (nSPS) is 26.0. The van der Waals surface area contributed by atoms with Crippen molar-refractivity contribution in [3.8, 4) is 0 Å². The first-order chi connectivity index (χ1) is 14.0. The van der Waals surface area contributed by atoms with Crippen LogP contribution >= 0.6 is 0 Å². The summed E-state index contributed by atoms with van der Waals surface area (Å²) in [6, 6.07) is -1.93. The van der Waals surface area contributed by atoms with Gasteiger partial charge in [-0.25, -0.2) is 4.79 Å². The molecule has 1 aliphatic heterocycles. The van der Waals surface area contributed by atoms with E-state index in [1.54, 1.807) is 20.8 Å². The Labute approximate surface area is 180 Å². The monoisotopic (exact) mass is 425 g/mol. The fraction of sp³-hybridized carbons (Fsp3) is 0.773. The molecule has 8 nitrogen and oxygen atoms in total. The van der Waals surface area contributed by atoms with E-state index in [1.807, 2.05) is 13.8 Å². The summed E-state index contributed by atoms with van der Waals surface area (Å²) < 4.78 is 5.29. The molecule has 0 aliphatic carbocycles. The van der Waals surface area contributed by atoms with Gasteiger partial charge in [0.1, 0.15) is 17.7 Å². The summed E-state index contributed by atoms with van der Waals surface area (Å²) in [5.74, 6) is -0.916. The first kappa shape index (κ1) is 25.9. The van der Waals surface area contributed by atoms with E-state index >= 15 is 0 Å². The zero-order valence-corrected chi connectivity index (χ0v) is 19.0. The second-order valence-electron chi connectivity index (χ2n) is 9.15. The quantitative estimate of drug-likeness (QED) is 0.518. The molecule has 1 heterocycles. The number of amides is 3. The van der Waals surface area contributed by atoms with Gasteiger partial charge in [0.2, 0.25) is 11.8 Å². The van der Waals surface area contributed by atoms with Gasteiger partial charge in [-0.05, 0) is 65.2 Å². The largest absolute Gasteiger partial charge is 0.444 e. The van der Waals surface area contributed by atoms with E-state index < -0.39 is 29.7 Å². The molecule has 0 bridgehead atoms. The van der Waals surface area contributed by atoms with Crippen LogP contribution < -0.4 is 16.0 Å². The van der Waals surface area contributed by atoms with Crippen LogP contribution in [0.3, 0.4) is 0 Å². The van der Waals surface area contributed by atoms with Gasteiger partial charge in [0.05, 0.1) is 12.6 Å². The summed E-state index contributed by atoms with van der Waals surface area (Å²) in [5.41, 5.74) is -0.678. The molecule has 0 spiro atoms. The van der Waals surface area contributed by atoms with Gasteiger partial charge in [-0.2, -0.15) is 0 Å². The van der Waals surface area contributed by atoms with Crippen molar-refractivity contribution in [2.45, 2.75) is 96.9 Å². The van der Waals surface area contributed by atoms with E-state index in [4.69, 9.17) is 4.74 Å². The molecule has 0 radical (unpaired) electrons. The first-order valence-corrected chi connectivity index (χ1v) is 10.9. The molecule has 3 atom stereocenters. The molecule has 0 aromatic carbocycles. The molecule has 30 heavy (non-hydrogen) atoms. The van der Waals surface area contributed by atoms with Crippen LogP contribution in [0.5, 0.6) is 0 Å². The maximum atomic E-state index is 12.9. The SMILES string of the molecule is CC(C)C1NC(=O)C(NC(=O)OC(C)(C)C)CCC/C=C\CCCC(CO)NC1=O. The predicted octanol–water partition coefficient (Wildman–Crippen LogP) is 2.41. The number of aliphatic hydroxyl groups is 1. The Morgan fingerprint density at radius 1 is 1.13 bits per heavy atom. The Bertz CT molecular complexity index is 598. The summed E-state index contributed by atoms with van der Waals surface area (Å²) >= 11 is 0. The smallest absolute Gasteiger partial charge is 0.408 e. The van der Waals surface area contributed by atoms with Crippen molar-refractivity contribution < 1.29 is 24.2 Å². The number of alkyl carbamates (subject to hydrolysis) is 1. The third-order valence-corrected chi connectivity index (χ3v) is 4.77. The number of aliphatic hydroxyl groups excluding tert-OH is 1. The average Bonchev–Trinajstić information content (AvgIpc) is 2.63. The fourth-order valence-electron chi connectivity index (χ4n) is 3.17. The average molecular weight is 426 g/mol. The zero-order valence-electron chi connectivity index (χ0n) is 19.0. The molecule has 8 heteroatoms. The summed E-state index contributed by atoms with van der Waals surface area (Å²) in [7, 11) is 0. The molecule has 3 unspecified atom stereocenters. The number of hydrogen-bond acceptors (Lipinski definition) is 5. The Morgan fingerprint density at radius 3 is 2.27 bits per heavy atom. The Hall–Kier alpha value is -2.09. The lowest BCUT2D eigenvalue weighted by Crippen LogP contribution is -2.57. The Kier molecular flexibility index (Phi) is 10.9. The van der Waals surface area contributed by atoms with E-state index in [1.165, 1.54) is 0 Å². The Morgan fingerprint density at radius 2 is 1.73 bits per heavy atom. The summed E-state index contributed by atoms with van der Waals surface area (Å²) in [6.45, 7) is 8.79. The van der Waals surface area contributed by atoms with Crippen LogP contribution in [0.2, 0.25) is 0 Å². The van der Waals surface area contributed by atoms with Crippen LogP contribution in [-0.2, 0) is 14.3 Å². The van der Waals surface area contributed by atoms with Gasteiger partial charge in [-0.15, -0.1) is 0 Å². The van der Waals surface area contributed by atoms with Crippen molar-refractivity contribution in [2.24, 2.45) is 5.92 Å². The van der Waals surface area contributed by atoms with Gasteiger partial charge >= 0.3 is 6.09 Å². The van der Waals surface area contributed by atoms with Gasteiger partial charge in [0.15, 0.2) is 0 Å². The topological polar surface area (TPSA) is 117 Å². The molecule has 0 saturated carbocycles. The second kappa shape index (κ2) is 12.6. The number of carbonyl (C=O) groups is 3. The predicted molar refractivity (Wildman–Crippen MR) is 116 cm³/mol. The van der Waals surface area contributed by atoms with Crippen LogP contribution in [0.15, 0.2) is 12.2 Å². The second-order valence-corrected chi connectivity index (χ2v) is 9.15. The number of carbonyl (C=O) groups excluding carboxylic acids is 3. The van der Waals surface area contributed by atoms with E-state index in [0.29, 0.717) is 19.3 Å². The lowest BCUT2D eigenvalue weighted by atomic mass is 10.0. The summed E-state index contributed by atoms with van der Waals surface area (Å²) in [4.78, 5) is 37.9. The molecule has 172 valence electrons. The number of hydrogen-bond donors (Lipinski definition) is 4. The van der Waals surface area contributed by atoms with Crippen molar-refractivity contribution in [1.29, 1.82) is 0 Å². The van der Waals surface area contributed by atoms with Crippen LogP contribution in [0, 0.1) is 5.92 Å². The molecule has 0 saturated heterocycles. The van der Waals surface area contributed by atoms with Crippen molar-refractivity contribution in [3.63, 3.8) is 0 Å². The third-order valence-electron chi connectivity index (χ3n) is 4.77. The number of ether oxygens (including phenoxy) is 1. The standard InChI is InChI=1S/C22H39N3O5/c1-15(2)18-20(28)23-16(14-26)12-10-8-6-7-9-11-13-17(19(27)25-18)24-21(29)30-22(3,4)5/h6-7,15-18,26H,8-14H2,1-5H3,(H,23,28)(H,24,29)(H,25,27)/b7-6-. The summed E-state index contributed by atoms with van der Waals surface area (Å²) in [5, 5.41) is 17.8. The van der Waals surface area contributed by atoms with Gasteiger partial charge in [0, 0.05) is 0 Å². The van der Waals surface area contributed by atoms with Gasteiger partial charge < -0.3 is 25.8 Å². The van der Waals surface area contributed by atoms with Crippen molar-refractivity contribution in [2.75, 3.05) is 6.61 Å². The number of allylic oxidation sites excluding steroid dienone is 2. The lowest BCUT2D eigenvalue weighted by molar-refractivity contribution is -0.131. The molecule has 0 aromatic rings. The Balaban J connectivity index is 2.99. The molecule has 3 amide bonds. The maximum Gasteiger partial charge on any atom is 0.408 e. The van der Waals surface area contributed by atoms with Crippen molar-refractivity contribution in [1.82, 2.24) is 16.0 Å². The minimum absolute atomic E-state index is 0.156. The third kappa shape index (κ3) is 10.1. The number of rotatable bonds is 3. The van der Waals surface area contributed by atoms with Crippen LogP contribution in [-0.4, -0.2) is 53.3 Å².